The molecule has 2 aliphatic rings. The van der Waals surface area contributed by atoms with Crippen LogP contribution in [0.15, 0.2) is 18.2 Å². The molecule has 21 heavy (non-hydrogen) atoms. The van der Waals surface area contributed by atoms with Crippen LogP contribution in [0.2, 0.25) is 0 Å². The third-order valence-electron chi connectivity index (χ3n) is 4.82. The van der Waals surface area contributed by atoms with E-state index in [9.17, 15) is 0 Å². The minimum atomic E-state index is 0.325. The highest BCUT2D eigenvalue weighted by Crippen LogP contribution is 2.34. The molecule has 0 aromatic heterocycles. The minimum Gasteiger partial charge on any atom is -0.454 e. The van der Waals surface area contributed by atoms with Crippen LogP contribution in [0.25, 0.3) is 0 Å². The van der Waals surface area contributed by atoms with Gasteiger partial charge >= 0.3 is 0 Å². The summed E-state index contributed by atoms with van der Waals surface area (Å²) in [5, 5.41) is 3.44. The first-order chi connectivity index (χ1) is 10.3. The summed E-state index contributed by atoms with van der Waals surface area (Å²) in [6.45, 7) is 1.37. The number of likely N-dealkylation sites (N-methyl/N-ethyl adjacent to an activating group) is 2. The maximum absolute atomic E-state index is 5.49. The summed E-state index contributed by atoms with van der Waals surface area (Å²) in [4.78, 5) is 2.52. The van der Waals surface area contributed by atoms with Gasteiger partial charge in [-0.2, -0.15) is 0 Å². The van der Waals surface area contributed by atoms with Gasteiger partial charge < -0.3 is 19.7 Å². The Labute approximate surface area is 127 Å². The number of nitrogens with one attached hydrogen (secondary N) is 1. The standard InChI is InChI=1S/C17H26N2O2/c1-18-15(11-19(2)14-6-4-3-5-7-14)13-8-9-16-17(10-13)21-12-20-16/h8-10,14-15,18H,3-7,11-12H2,1-2H3. The van der Waals surface area contributed by atoms with Gasteiger partial charge in [-0.25, -0.2) is 0 Å². The highest BCUT2D eigenvalue weighted by atomic mass is 16.7. The molecule has 0 saturated heterocycles. The van der Waals surface area contributed by atoms with Crippen molar-refractivity contribution < 1.29 is 9.47 Å². The van der Waals surface area contributed by atoms with Gasteiger partial charge in [-0.1, -0.05) is 25.3 Å². The molecule has 1 aliphatic heterocycles. The minimum absolute atomic E-state index is 0.325. The highest BCUT2D eigenvalue weighted by molar-refractivity contribution is 5.45. The molecule has 3 rings (SSSR count). The van der Waals surface area contributed by atoms with E-state index in [2.05, 4.69) is 29.4 Å². The summed E-state index contributed by atoms with van der Waals surface area (Å²) in [5.74, 6) is 1.72. The summed E-state index contributed by atoms with van der Waals surface area (Å²) in [6, 6.07) is 7.33. The van der Waals surface area contributed by atoms with E-state index in [0.717, 1.165) is 24.1 Å². The molecular formula is C17H26N2O2. The summed E-state index contributed by atoms with van der Waals surface area (Å²) >= 11 is 0. The Bertz CT molecular complexity index is 472. The van der Waals surface area contributed by atoms with Crippen LogP contribution in [0.5, 0.6) is 11.5 Å². The van der Waals surface area contributed by atoms with Gasteiger partial charge in [0.2, 0.25) is 6.79 Å². The first-order valence-electron chi connectivity index (χ1n) is 8.05. The van der Waals surface area contributed by atoms with Crippen molar-refractivity contribution in [3.05, 3.63) is 23.8 Å². The number of benzene rings is 1. The molecular weight excluding hydrogens is 264 g/mol. The van der Waals surface area contributed by atoms with E-state index in [4.69, 9.17) is 9.47 Å². The SMILES string of the molecule is CNC(CN(C)C1CCCCC1)c1ccc2c(c1)OCO2. The van der Waals surface area contributed by atoms with Crippen LogP contribution in [0.1, 0.15) is 43.7 Å². The maximum Gasteiger partial charge on any atom is 0.231 e. The van der Waals surface area contributed by atoms with Crippen molar-refractivity contribution in [3.63, 3.8) is 0 Å². The average Bonchev–Trinajstić information content (AvgIpc) is 3.00. The van der Waals surface area contributed by atoms with Crippen molar-refractivity contribution in [3.8, 4) is 11.5 Å². The fourth-order valence-corrected chi connectivity index (χ4v) is 3.45. The zero-order valence-corrected chi connectivity index (χ0v) is 13.1. The molecule has 1 aliphatic carbocycles. The second kappa shape index (κ2) is 6.67. The number of ether oxygens (including phenoxy) is 2. The largest absolute Gasteiger partial charge is 0.454 e. The second-order valence-electron chi connectivity index (χ2n) is 6.19. The zero-order chi connectivity index (χ0) is 14.7. The van der Waals surface area contributed by atoms with Crippen molar-refractivity contribution in [2.45, 2.75) is 44.2 Å². The number of fused-ring (bicyclic) bond motifs is 1. The fraction of sp³-hybridized carbons (Fsp3) is 0.647. The van der Waals surface area contributed by atoms with Crippen LogP contribution in [0, 0.1) is 0 Å². The quantitative estimate of drug-likeness (QED) is 0.904. The van der Waals surface area contributed by atoms with E-state index in [1.807, 2.05) is 13.1 Å². The molecule has 1 saturated carbocycles. The highest BCUT2D eigenvalue weighted by Gasteiger charge is 2.22. The predicted molar refractivity (Wildman–Crippen MR) is 83.9 cm³/mol. The van der Waals surface area contributed by atoms with Gasteiger partial charge in [0.1, 0.15) is 0 Å². The molecule has 0 spiro atoms. The van der Waals surface area contributed by atoms with Crippen LogP contribution in [0.4, 0.5) is 0 Å². The Morgan fingerprint density at radius 1 is 1.19 bits per heavy atom. The van der Waals surface area contributed by atoms with Crippen molar-refractivity contribution >= 4 is 0 Å². The van der Waals surface area contributed by atoms with Gasteiger partial charge in [-0.15, -0.1) is 0 Å². The van der Waals surface area contributed by atoms with Crippen LogP contribution in [-0.2, 0) is 0 Å². The van der Waals surface area contributed by atoms with Crippen LogP contribution in [-0.4, -0.2) is 38.4 Å². The zero-order valence-electron chi connectivity index (χ0n) is 13.1. The molecule has 1 fully saturated rings. The van der Waals surface area contributed by atoms with Gasteiger partial charge in [0, 0.05) is 18.6 Å². The van der Waals surface area contributed by atoms with Gasteiger partial charge in [-0.3, -0.25) is 0 Å². The Morgan fingerprint density at radius 2 is 1.95 bits per heavy atom. The van der Waals surface area contributed by atoms with E-state index in [0.29, 0.717) is 12.8 Å². The lowest BCUT2D eigenvalue weighted by atomic mass is 9.94. The van der Waals surface area contributed by atoms with E-state index in [-0.39, 0.29) is 0 Å². The Morgan fingerprint density at radius 3 is 2.71 bits per heavy atom. The van der Waals surface area contributed by atoms with E-state index in [1.54, 1.807) is 0 Å². The van der Waals surface area contributed by atoms with Crippen LogP contribution < -0.4 is 14.8 Å². The Hall–Kier alpha value is -1.26. The Balaban J connectivity index is 1.66. The van der Waals surface area contributed by atoms with Gasteiger partial charge in [0.05, 0.1) is 0 Å². The molecule has 1 N–H and O–H groups in total. The number of hydrogen-bond acceptors (Lipinski definition) is 4. The van der Waals surface area contributed by atoms with Gasteiger partial charge in [0.15, 0.2) is 11.5 Å². The molecule has 1 heterocycles. The van der Waals surface area contributed by atoms with Crippen molar-refractivity contribution in [2.75, 3.05) is 27.4 Å². The molecule has 1 atom stereocenters. The second-order valence-corrected chi connectivity index (χ2v) is 6.19. The molecule has 0 bridgehead atoms. The summed E-state index contributed by atoms with van der Waals surface area (Å²) < 4.78 is 10.9. The number of rotatable bonds is 5. The summed E-state index contributed by atoms with van der Waals surface area (Å²) in [7, 11) is 4.29. The summed E-state index contributed by atoms with van der Waals surface area (Å²) in [5.41, 5.74) is 1.27. The number of hydrogen-bond donors (Lipinski definition) is 1. The van der Waals surface area contributed by atoms with E-state index >= 15 is 0 Å². The lowest BCUT2D eigenvalue weighted by Gasteiger charge is -2.33. The monoisotopic (exact) mass is 290 g/mol. The first kappa shape index (κ1) is 14.7. The topological polar surface area (TPSA) is 33.7 Å². The smallest absolute Gasteiger partial charge is 0.231 e. The van der Waals surface area contributed by atoms with Crippen LogP contribution >= 0.6 is 0 Å². The molecule has 116 valence electrons. The lowest BCUT2D eigenvalue weighted by molar-refractivity contribution is 0.173. The maximum atomic E-state index is 5.49. The number of nitrogens with zero attached hydrogens (tertiary/aromatic N) is 1. The van der Waals surface area contributed by atoms with Gasteiger partial charge in [-0.05, 0) is 44.6 Å². The molecule has 1 aromatic rings. The van der Waals surface area contributed by atoms with Gasteiger partial charge in [0.25, 0.3) is 0 Å². The van der Waals surface area contributed by atoms with Crippen molar-refractivity contribution in [2.24, 2.45) is 0 Å². The van der Waals surface area contributed by atoms with E-state index < -0.39 is 0 Å². The Kier molecular flexibility index (Phi) is 4.66. The molecule has 0 amide bonds. The van der Waals surface area contributed by atoms with Crippen molar-refractivity contribution in [1.82, 2.24) is 10.2 Å². The lowest BCUT2D eigenvalue weighted by Crippen LogP contribution is -2.39. The molecule has 1 unspecified atom stereocenters. The normalized spacial score (nSPS) is 20.0. The predicted octanol–water partition coefficient (Wildman–Crippen LogP) is 2.94. The fourth-order valence-electron chi connectivity index (χ4n) is 3.45. The molecule has 4 heteroatoms. The molecule has 4 nitrogen and oxygen atoms in total. The molecule has 0 radical (unpaired) electrons. The third-order valence-corrected chi connectivity index (χ3v) is 4.82. The molecule has 1 aromatic carbocycles. The summed E-state index contributed by atoms with van der Waals surface area (Å²) in [6.07, 6.45) is 6.84. The van der Waals surface area contributed by atoms with Crippen molar-refractivity contribution in [1.29, 1.82) is 0 Å². The van der Waals surface area contributed by atoms with E-state index in [1.165, 1.54) is 37.7 Å². The average molecular weight is 290 g/mol. The van der Waals surface area contributed by atoms with Crippen LogP contribution in [0.3, 0.4) is 0 Å². The third kappa shape index (κ3) is 3.33. The first-order valence-corrected chi connectivity index (χ1v) is 8.05.